The largest absolute Gasteiger partial charge is 0.377 e. The molecule has 4 nitrogen and oxygen atoms in total. The van der Waals surface area contributed by atoms with Crippen LogP contribution in [0.25, 0.3) is 0 Å². The lowest BCUT2D eigenvalue weighted by molar-refractivity contribution is 0.158. The lowest BCUT2D eigenvalue weighted by Crippen LogP contribution is -2.04. The fourth-order valence-electron chi connectivity index (χ4n) is 1.84. The van der Waals surface area contributed by atoms with E-state index in [2.05, 4.69) is 6.58 Å². The van der Waals surface area contributed by atoms with Gasteiger partial charge in [0.2, 0.25) is 0 Å². The van der Waals surface area contributed by atoms with Gasteiger partial charge >= 0.3 is 0 Å². The Kier molecular flexibility index (Phi) is 6.21. The SMILES string of the molecule is C=CCOCCCCc1cc(C)ccc1S(=O)(=O)O. The summed E-state index contributed by atoms with van der Waals surface area (Å²) in [6.45, 7) is 6.60. The van der Waals surface area contributed by atoms with Gasteiger partial charge in [-0.3, -0.25) is 4.55 Å². The molecule has 0 bridgehead atoms. The van der Waals surface area contributed by atoms with E-state index < -0.39 is 10.1 Å². The van der Waals surface area contributed by atoms with Gasteiger partial charge in [-0.15, -0.1) is 6.58 Å². The van der Waals surface area contributed by atoms with Gasteiger partial charge in [0, 0.05) is 6.61 Å². The molecule has 0 radical (unpaired) electrons. The summed E-state index contributed by atoms with van der Waals surface area (Å²) in [4.78, 5) is 0.00473. The highest BCUT2D eigenvalue weighted by Gasteiger charge is 2.14. The molecule has 1 aromatic rings. The zero-order chi connectivity index (χ0) is 14.3. The number of hydrogen-bond acceptors (Lipinski definition) is 3. The molecule has 19 heavy (non-hydrogen) atoms. The second kappa shape index (κ2) is 7.43. The number of rotatable bonds is 8. The van der Waals surface area contributed by atoms with Crippen molar-refractivity contribution in [3.05, 3.63) is 42.0 Å². The summed E-state index contributed by atoms with van der Waals surface area (Å²) in [5.41, 5.74) is 1.64. The minimum absolute atomic E-state index is 0.00473. The van der Waals surface area contributed by atoms with Gasteiger partial charge in [-0.05, 0) is 37.8 Å². The Hall–Kier alpha value is -1.17. The molecule has 0 fully saturated rings. The van der Waals surface area contributed by atoms with Gasteiger partial charge in [-0.2, -0.15) is 8.42 Å². The molecule has 0 heterocycles. The van der Waals surface area contributed by atoms with Crippen LogP contribution in [0.5, 0.6) is 0 Å². The molecule has 0 aromatic heterocycles. The first-order chi connectivity index (χ1) is 8.95. The van der Waals surface area contributed by atoms with Crippen LogP contribution in [0.4, 0.5) is 0 Å². The third-order valence-corrected chi connectivity index (χ3v) is 3.67. The van der Waals surface area contributed by atoms with Crippen LogP contribution in [-0.4, -0.2) is 26.2 Å². The molecule has 1 N–H and O–H groups in total. The fourth-order valence-corrected chi connectivity index (χ4v) is 2.57. The molecule has 0 atom stereocenters. The number of aryl methyl sites for hydroxylation is 2. The maximum Gasteiger partial charge on any atom is 0.294 e. The van der Waals surface area contributed by atoms with E-state index >= 15 is 0 Å². The molecule has 0 aliphatic carbocycles. The third-order valence-electron chi connectivity index (χ3n) is 2.71. The summed E-state index contributed by atoms with van der Waals surface area (Å²) in [6.07, 6.45) is 3.95. The molecule has 0 aliphatic rings. The molecule has 5 heteroatoms. The van der Waals surface area contributed by atoms with E-state index in [9.17, 15) is 8.42 Å². The highest BCUT2D eigenvalue weighted by molar-refractivity contribution is 7.85. The zero-order valence-corrected chi connectivity index (χ0v) is 11.9. The van der Waals surface area contributed by atoms with Crippen molar-refractivity contribution in [1.82, 2.24) is 0 Å². The van der Waals surface area contributed by atoms with Crippen molar-refractivity contribution in [1.29, 1.82) is 0 Å². The van der Waals surface area contributed by atoms with Gasteiger partial charge < -0.3 is 4.74 Å². The summed E-state index contributed by atoms with van der Waals surface area (Å²) in [5.74, 6) is 0. The first kappa shape index (κ1) is 15.9. The van der Waals surface area contributed by atoms with Gasteiger partial charge in [-0.1, -0.05) is 23.8 Å². The van der Waals surface area contributed by atoms with Crippen molar-refractivity contribution in [2.24, 2.45) is 0 Å². The van der Waals surface area contributed by atoms with Crippen LogP contribution < -0.4 is 0 Å². The molecular formula is C14H20O4S. The van der Waals surface area contributed by atoms with E-state index in [4.69, 9.17) is 9.29 Å². The standard InChI is InChI=1S/C14H20O4S/c1-3-9-18-10-5-4-6-13-11-12(2)7-8-14(13)19(15,16)17/h3,7-8,11H,1,4-6,9-10H2,2H3,(H,15,16,17). The van der Waals surface area contributed by atoms with Crippen LogP contribution in [0.2, 0.25) is 0 Å². The van der Waals surface area contributed by atoms with E-state index in [-0.39, 0.29) is 4.90 Å². The maximum absolute atomic E-state index is 11.3. The third kappa shape index (κ3) is 5.55. The lowest BCUT2D eigenvalue weighted by atomic mass is 10.1. The molecular weight excluding hydrogens is 264 g/mol. The minimum Gasteiger partial charge on any atom is -0.377 e. The van der Waals surface area contributed by atoms with Crippen molar-refractivity contribution in [2.75, 3.05) is 13.2 Å². The Morgan fingerprint density at radius 2 is 2.11 bits per heavy atom. The van der Waals surface area contributed by atoms with Gasteiger partial charge in [0.25, 0.3) is 10.1 Å². The molecule has 0 spiro atoms. The van der Waals surface area contributed by atoms with Crippen molar-refractivity contribution in [3.63, 3.8) is 0 Å². The topological polar surface area (TPSA) is 63.6 Å². The van der Waals surface area contributed by atoms with E-state index in [1.165, 1.54) is 6.07 Å². The summed E-state index contributed by atoms with van der Waals surface area (Å²) in [6, 6.07) is 4.93. The Morgan fingerprint density at radius 1 is 1.37 bits per heavy atom. The fraction of sp³-hybridized carbons (Fsp3) is 0.429. The highest BCUT2D eigenvalue weighted by atomic mass is 32.2. The Morgan fingerprint density at radius 3 is 2.74 bits per heavy atom. The summed E-state index contributed by atoms with van der Waals surface area (Å²) in [7, 11) is -4.15. The predicted octanol–water partition coefficient (Wildman–Crippen LogP) is 2.77. The molecule has 0 amide bonds. The van der Waals surface area contributed by atoms with Gasteiger partial charge in [0.15, 0.2) is 0 Å². The van der Waals surface area contributed by atoms with Crippen LogP contribution in [0.3, 0.4) is 0 Å². The van der Waals surface area contributed by atoms with Crippen molar-refractivity contribution in [2.45, 2.75) is 31.1 Å². The van der Waals surface area contributed by atoms with Crippen LogP contribution in [0.1, 0.15) is 24.0 Å². The highest BCUT2D eigenvalue weighted by Crippen LogP contribution is 2.19. The van der Waals surface area contributed by atoms with E-state index in [0.29, 0.717) is 25.2 Å². The second-order valence-electron chi connectivity index (χ2n) is 4.41. The maximum atomic E-state index is 11.3. The quantitative estimate of drug-likeness (QED) is 0.453. The second-order valence-corrected chi connectivity index (χ2v) is 5.80. The first-order valence-electron chi connectivity index (χ1n) is 6.21. The molecule has 1 aromatic carbocycles. The summed E-state index contributed by atoms with van der Waals surface area (Å²) in [5, 5.41) is 0. The predicted molar refractivity (Wildman–Crippen MR) is 74.9 cm³/mol. The first-order valence-corrected chi connectivity index (χ1v) is 7.65. The van der Waals surface area contributed by atoms with E-state index in [0.717, 1.165) is 18.4 Å². The average Bonchev–Trinajstić information content (AvgIpc) is 2.32. The lowest BCUT2D eigenvalue weighted by Gasteiger charge is -2.08. The van der Waals surface area contributed by atoms with Crippen LogP contribution >= 0.6 is 0 Å². The van der Waals surface area contributed by atoms with Crippen molar-refractivity contribution in [3.8, 4) is 0 Å². The summed E-state index contributed by atoms with van der Waals surface area (Å²) < 4.78 is 36.9. The zero-order valence-electron chi connectivity index (χ0n) is 11.1. The molecule has 0 aliphatic heterocycles. The smallest absolute Gasteiger partial charge is 0.294 e. The van der Waals surface area contributed by atoms with E-state index in [1.807, 2.05) is 6.92 Å². The molecule has 0 saturated heterocycles. The molecule has 0 saturated carbocycles. The Bertz CT molecular complexity index is 520. The van der Waals surface area contributed by atoms with Gasteiger partial charge in [0.05, 0.1) is 11.5 Å². The van der Waals surface area contributed by atoms with Crippen LogP contribution in [0, 0.1) is 6.92 Å². The van der Waals surface area contributed by atoms with E-state index in [1.54, 1.807) is 18.2 Å². The van der Waals surface area contributed by atoms with Crippen molar-refractivity contribution < 1.29 is 17.7 Å². The van der Waals surface area contributed by atoms with Crippen LogP contribution in [0.15, 0.2) is 35.7 Å². The number of hydrogen-bond donors (Lipinski definition) is 1. The Labute approximate surface area is 114 Å². The number of unbranched alkanes of at least 4 members (excludes halogenated alkanes) is 1. The van der Waals surface area contributed by atoms with Crippen molar-refractivity contribution >= 4 is 10.1 Å². The average molecular weight is 284 g/mol. The Balaban J connectivity index is 2.62. The molecule has 0 unspecified atom stereocenters. The monoisotopic (exact) mass is 284 g/mol. The number of ether oxygens (including phenoxy) is 1. The minimum atomic E-state index is -4.15. The van der Waals surface area contributed by atoms with Crippen LogP contribution in [-0.2, 0) is 21.3 Å². The van der Waals surface area contributed by atoms with Gasteiger partial charge in [0.1, 0.15) is 0 Å². The molecule has 106 valence electrons. The number of benzene rings is 1. The summed E-state index contributed by atoms with van der Waals surface area (Å²) >= 11 is 0. The normalized spacial score (nSPS) is 11.5. The molecule has 1 rings (SSSR count). The van der Waals surface area contributed by atoms with Gasteiger partial charge in [-0.25, -0.2) is 0 Å².